The van der Waals surface area contributed by atoms with Gasteiger partial charge in [-0.15, -0.1) is 11.3 Å². The van der Waals surface area contributed by atoms with E-state index in [0.717, 1.165) is 11.3 Å². The lowest BCUT2D eigenvalue weighted by atomic mass is 10.2. The van der Waals surface area contributed by atoms with Crippen molar-refractivity contribution in [3.8, 4) is 11.3 Å². The molecule has 0 amide bonds. The minimum Gasteiger partial charge on any atom is -0.466 e. The highest BCUT2D eigenvalue weighted by molar-refractivity contribution is 7.12. The first-order chi connectivity index (χ1) is 9.20. The molecule has 0 atom stereocenters. The quantitative estimate of drug-likeness (QED) is 0.478. The van der Waals surface area contributed by atoms with Crippen LogP contribution in [0.4, 0.5) is 0 Å². The highest BCUT2D eigenvalue weighted by Gasteiger charge is 2.16. The van der Waals surface area contributed by atoms with Gasteiger partial charge >= 0.3 is 5.97 Å². The fourth-order valence-electron chi connectivity index (χ4n) is 1.56. The summed E-state index contributed by atoms with van der Waals surface area (Å²) >= 11 is 1.24. The molecule has 0 aliphatic rings. The fourth-order valence-corrected chi connectivity index (χ4v) is 2.33. The van der Waals surface area contributed by atoms with Gasteiger partial charge in [-0.25, -0.2) is 4.98 Å². The molecule has 2 rings (SSSR count). The number of hydrogen-bond acceptors (Lipinski definition) is 5. The van der Waals surface area contributed by atoms with Gasteiger partial charge in [0.1, 0.15) is 6.42 Å². The van der Waals surface area contributed by atoms with Crippen LogP contribution < -0.4 is 0 Å². The van der Waals surface area contributed by atoms with Crippen LogP contribution in [0, 0.1) is 0 Å². The molecule has 1 aromatic carbocycles. The number of thiazole rings is 1. The van der Waals surface area contributed by atoms with Gasteiger partial charge in [0, 0.05) is 10.9 Å². The van der Waals surface area contributed by atoms with Gasteiger partial charge in [-0.2, -0.15) is 0 Å². The fraction of sp³-hybridized carbons (Fsp3) is 0.214. The predicted octanol–water partition coefficient (Wildman–Crippen LogP) is 2.95. The molecular formula is C14H13NO3S. The molecule has 1 heterocycles. The molecule has 1 aromatic heterocycles. The van der Waals surface area contributed by atoms with E-state index in [9.17, 15) is 9.59 Å². The number of aromatic nitrogens is 1. The first kappa shape index (κ1) is 13.4. The Morgan fingerprint density at radius 1 is 1.26 bits per heavy atom. The molecule has 2 aromatic rings. The summed E-state index contributed by atoms with van der Waals surface area (Å²) in [6.07, 6.45) is -0.254. The monoisotopic (exact) mass is 275 g/mol. The molecule has 0 fully saturated rings. The Kier molecular flexibility index (Phi) is 4.41. The van der Waals surface area contributed by atoms with Crippen LogP contribution in [-0.2, 0) is 9.53 Å². The van der Waals surface area contributed by atoms with E-state index >= 15 is 0 Å². The van der Waals surface area contributed by atoms with Crippen LogP contribution in [0.5, 0.6) is 0 Å². The van der Waals surface area contributed by atoms with Crippen molar-refractivity contribution in [1.82, 2.24) is 4.98 Å². The van der Waals surface area contributed by atoms with Crippen LogP contribution >= 0.6 is 11.3 Å². The summed E-state index contributed by atoms with van der Waals surface area (Å²) in [4.78, 5) is 27.3. The Balaban J connectivity index is 2.09. The van der Waals surface area contributed by atoms with E-state index in [1.54, 1.807) is 6.92 Å². The summed E-state index contributed by atoms with van der Waals surface area (Å²) in [5, 5.41) is 2.15. The van der Waals surface area contributed by atoms with Crippen molar-refractivity contribution >= 4 is 23.1 Å². The normalized spacial score (nSPS) is 10.2. The number of nitrogens with zero attached hydrogens (tertiary/aromatic N) is 1. The summed E-state index contributed by atoms with van der Waals surface area (Å²) in [5.41, 5.74) is 1.70. The summed E-state index contributed by atoms with van der Waals surface area (Å²) in [6.45, 7) is 1.98. The van der Waals surface area contributed by atoms with Crippen LogP contribution in [0.1, 0.15) is 23.1 Å². The molecule has 0 aliphatic heterocycles. The van der Waals surface area contributed by atoms with E-state index < -0.39 is 5.97 Å². The zero-order valence-corrected chi connectivity index (χ0v) is 11.3. The number of ether oxygens (including phenoxy) is 1. The molecule has 0 saturated heterocycles. The third-order valence-electron chi connectivity index (χ3n) is 2.42. The topological polar surface area (TPSA) is 56.3 Å². The molecule has 0 saturated carbocycles. The zero-order valence-electron chi connectivity index (χ0n) is 10.5. The molecule has 0 N–H and O–H groups in total. The van der Waals surface area contributed by atoms with E-state index in [-0.39, 0.29) is 18.8 Å². The Hall–Kier alpha value is -2.01. The minimum absolute atomic E-state index is 0.254. The van der Waals surface area contributed by atoms with Crippen LogP contribution in [0.15, 0.2) is 35.7 Å². The first-order valence-corrected chi connectivity index (χ1v) is 6.78. The average molecular weight is 275 g/mol. The number of rotatable bonds is 5. The van der Waals surface area contributed by atoms with Crippen molar-refractivity contribution in [2.75, 3.05) is 6.61 Å². The van der Waals surface area contributed by atoms with Gasteiger partial charge in [0.15, 0.2) is 5.01 Å². The zero-order chi connectivity index (χ0) is 13.7. The standard InChI is InChI=1S/C14H13NO3S/c1-2-18-13(17)8-12(16)14-15-11(9-19-14)10-6-4-3-5-7-10/h3-7,9H,2,8H2,1H3. The third kappa shape index (κ3) is 3.48. The van der Waals surface area contributed by atoms with Crippen LogP contribution in [-0.4, -0.2) is 23.3 Å². The SMILES string of the molecule is CCOC(=O)CC(=O)c1nc(-c2ccccc2)cs1. The van der Waals surface area contributed by atoms with Crippen LogP contribution in [0.25, 0.3) is 11.3 Å². The Bertz CT molecular complexity index is 577. The second-order valence-corrected chi connectivity index (χ2v) is 4.67. The van der Waals surface area contributed by atoms with Crippen LogP contribution in [0.3, 0.4) is 0 Å². The van der Waals surface area contributed by atoms with Crippen LogP contribution in [0.2, 0.25) is 0 Å². The smallest absolute Gasteiger partial charge is 0.313 e. The van der Waals surface area contributed by atoms with Crippen molar-refractivity contribution in [1.29, 1.82) is 0 Å². The van der Waals surface area contributed by atoms with Gasteiger partial charge in [0.2, 0.25) is 5.78 Å². The molecule has 0 aliphatic carbocycles. The van der Waals surface area contributed by atoms with Crippen molar-refractivity contribution in [3.63, 3.8) is 0 Å². The van der Waals surface area contributed by atoms with Crippen molar-refractivity contribution in [3.05, 3.63) is 40.7 Å². The van der Waals surface area contributed by atoms with Gasteiger partial charge in [-0.05, 0) is 6.92 Å². The highest BCUT2D eigenvalue weighted by Crippen LogP contribution is 2.22. The minimum atomic E-state index is -0.510. The number of benzene rings is 1. The summed E-state index contributed by atoms with van der Waals surface area (Å²) < 4.78 is 4.74. The Labute approximate surface area is 115 Å². The molecule has 4 nitrogen and oxygen atoms in total. The largest absolute Gasteiger partial charge is 0.466 e. The van der Waals surface area contributed by atoms with Gasteiger partial charge in [-0.1, -0.05) is 30.3 Å². The maximum atomic E-state index is 11.8. The van der Waals surface area contributed by atoms with Gasteiger partial charge < -0.3 is 4.74 Å². The number of Topliss-reactive ketones (excluding diaryl/α,β-unsaturated/α-hetero) is 1. The second kappa shape index (κ2) is 6.24. The van der Waals surface area contributed by atoms with E-state index in [1.807, 2.05) is 35.7 Å². The summed E-state index contributed by atoms with van der Waals surface area (Å²) in [5.74, 6) is -0.811. The van der Waals surface area contributed by atoms with Gasteiger partial charge in [-0.3, -0.25) is 9.59 Å². The van der Waals surface area contributed by atoms with E-state index in [4.69, 9.17) is 4.74 Å². The Morgan fingerprint density at radius 3 is 2.68 bits per heavy atom. The number of carbonyl (C=O) groups excluding carboxylic acids is 2. The molecule has 0 radical (unpaired) electrons. The molecule has 0 unspecified atom stereocenters. The second-order valence-electron chi connectivity index (χ2n) is 3.81. The van der Waals surface area contributed by atoms with Gasteiger partial charge in [0.25, 0.3) is 0 Å². The summed E-state index contributed by atoms with van der Waals surface area (Å²) in [7, 11) is 0. The molecule has 19 heavy (non-hydrogen) atoms. The number of carbonyl (C=O) groups is 2. The lowest BCUT2D eigenvalue weighted by Gasteiger charge is -1.98. The maximum Gasteiger partial charge on any atom is 0.313 e. The van der Waals surface area contributed by atoms with Crippen molar-refractivity contribution in [2.45, 2.75) is 13.3 Å². The third-order valence-corrected chi connectivity index (χ3v) is 3.31. The molecule has 0 bridgehead atoms. The van der Waals surface area contributed by atoms with E-state index in [1.165, 1.54) is 11.3 Å². The van der Waals surface area contributed by atoms with E-state index in [2.05, 4.69) is 4.98 Å². The van der Waals surface area contributed by atoms with Crippen molar-refractivity contribution < 1.29 is 14.3 Å². The Morgan fingerprint density at radius 2 is 2.00 bits per heavy atom. The molecule has 0 spiro atoms. The van der Waals surface area contributed by atoms with Crippen molar-refractivity contribution in [2.24, 2.45) is 0 Å². The molecule has 98 valence electrons. The predicted molar refractivity (Wildman–Crippen MR) is 73.1 cm³/mol. The lowest BCUT2D eigenvalue weighted by Crippen LogP contribution is -2.11. The number of hydrogen-bond donors (Lipinski definition) is 0. The average Bonchev–Trinajstić information content (AvgIpc) is 2.89. The highest BCUT2D eigenvalue weighted by atomic mass is 32.1. The lowest BCUT2D eigenvalue weighted by molar-refractivity contribution is -0.141. The molecular weight excluding hydrogens is 262 g/mol. The number of esters is 1. The first-order valence-electron chi connectivity index (χ1n) is 5.90. The number of ketones is 1. The van der Waals surface area contributed by atoms with Gasteiger partial charge in [0.05, 0.1) is 12.3 Å². The molecule has 5 heteroatoms. The summed E-state index contributed by atoms with van der Waals surface area (Å²) in [6, 6.07) is 9.59. The van der Waals surface area contributed by atoms with E-state index in [0.29, 0.717) is 5.01 Å². The maximum absolute atomic E-state index is 11.8.